The minimum absolute atomic E-state index is 0. The van der Waals surface area contributed by atoms with E-state index < -0.39 is 0 Å². The number of piperazine rings is 1. The van der Waals surface area contributed by atoms with Gasteiger partial charge in [0, 0.05) is 63.2 Å². The molecule has 1 saturated heterocycles. The molecule has 0 radical (unpaired) electrons. The van der Waals surface area contributed by atoms with Crippen molar-refractivity contribution in [1.29, 1.82) is 0 Å². The number of rotatable bonds is 7. The smallest absolute Gasteiger partial charge is 0.193 e. The van der Waals surface area contributed by atoms with Crippen LogP contribution < -0.4 is 14.8 Å². The van der Waals surface area contributed by atoms with E-state index in [9.17, 15) is 0 Å². The molecule has 0 bridgehead atoms. The van der Waals surface area contributed by atoms with Gasteiger partial charge in [0.2, 0.25) is 0 Å². The lowest BCUT2D eigenvalue weighted by Crippen LogP contribution is -2.52. The van der Waals surface area contributed by atoms with Crippen LogP contribution in [0.3, 0.4) is 0 Å². The Balaban J connectivity index is 0.00000341. The summed E-state index contributed by atoms with van der Waals surface area (Å²) >= 11 is 1.79. The van der Waals surface area contributed by atoms with E-state index in [-0.39, 0.29) is 24.0 Å². The van der Waals surface area contributed by atoms with Gasteiger partial charge < -0.3 is 19.7 Å². The van der Waals surface area contributed by atoms with Crippen molar-refractivity contribution in [3.8, 4) is 11.5 Å². The summed E-state index contributed by atoms with van der Waals surface area (Å²) in [5, 5.41) is 4.66. The summed E-state index contributed by atoms with van der Waals surface area (Å²) in [6.07, 6.45) is 0.978. The van der Waals surface area contributed by atoms with E-state index in [0.29, 0.717) is 0 Å². The highest BCUT2D eigenvalue weighted by Crippen LogP contribution is 2.25. The van der Waals surface area contributed by atoms with Gasteiger partial charge >= 0.3 is 0 Å². The van der Waals surface area contributed by atoms with Gasteiger partial charge in [-0.2, -0.15) is 0 Å². The lowest BCUT2D eigenvalue weighted by molar-refractivity contribution is 0.171. The number of aliphatic imine (C=N–C) groups is 1. The third-order valence-electron chi connectivity index (χ3n) is 5.40. The van der Waals surface area contributed by atoms with Gasteiger partial charge in [-0.3, -0.25) is 9.89 Å². The predicted octanol–water partition coefficient (Wildman–Crippen LogP) is 3.33. The number of aryl methyl sites for hydroxylation is 2. The molecular formula is C22H34IN5O2S. The van der Waals surface area contributed by atoms with E-state index >= 15 is 0 Å². The van der Waals surface area contributed by atoms with Crippen molar-refractivity contribution < 1.29 is 9.47 Å². The van der Waals surface area contributed by atoms with Crippen LogP contribution in [0.4, 0.5) is 0 Å². The Labute approximate surface area is 206 Å². The molecule has 1 fully saturated rings. The average molecular weight is 560 g/mol. The first kappa shape index (κ1) is 25.7. The summed E-state index contributed by atoms with van der Waals surface area (Å²) < 4.78 is 10.9. The average Bonchev–Trinajstić information content (AvgIpc) is 3.08. The summed E-state index contributed by atoms with van der Waals surface area (Å²) in [5.74, 6) is 2.75. The molecule has 31 heavy (non-hydrogen) atoms. The highest BCUT2D eigenvalue weighted by molar-refractivity contribution is 14.0. The minimum atomic E-state index is 0. The number of nitrogens with zero attached hydrogens (tertiary/aromatic N) is 4. The zero-order valence-electron chi connectivity index (χ0n) is 19.1. The second-order valence-corrected chi connectivity index (χ2v) is 8.69. The van der Waals surface area contributed by atoms with Gasteiger partial charge in [-0.1, -0.05) is 0 Å². The van der Waals surface area contributed by atoms with E-state index in [1.807, 2.05) is 19.2 Å². The lowest BCUT2D eigenvalue weighted by Gasteiger charge is -2.36. The van der Waals surface area contributed by atoms with Crippen LogP contribution in [0.25, 0.3) is 0 Å². The van der Waals surface area contributed by atoms with Gasteiger partial charge in [0.05, 0.1) is 24.9 Å². The Morgan fingerprint density at radius 2 is 1.90 bits per heavy atom. The maximum absolute atomic E-state index is 5.53. The fraction of sp³-hybridized carbons (Fsp3) is 0.545. The molecule has 0 amide bonds. The fourth-order valence-electron chi connectivity index (χ4n) is 3.79. The van der Waals surface area contributed by atoms with E-state index in [1.165, 1.54) is 4.88 Å². The highest BCUT2D eigenvalue weighted by atomic mass is 127. The van der Waals surface area contributed by atoms with Gasteiger partial charge in [-0.25, -0.2) is 4.98 Å². The molecule has 1 aliphatic heterocycles. The van der Waals surface area contributed by atoms with Crippen molar-refractivity contribution in [2.45, 2.75) is 26.8 Å². The number of thiazole rings is 1. The van der Waals surface area contributed by atoms with Crippen LogP contribution in [0.2, 0.25) is 0 Å². The molecule has 0 spiro atoms. The van der Waals surface area contributed by atoms with Gasteiger partial charge in [0.1, 0.15) is 11.5 Å². The maximum atomic E-state index is 5.53. The van der Waals surface area contributed by atoms with Crippen LogP contribution in [0, 0.1) is 13.8 Å². The molecule has 0 saturated carbocycles. The molecule has 172 valence electrons. The lowest BCUT2D eigenvalue weighted by atomic mass is 10.1. The van der Waals surface area contributed by atoms with Crippen LogP contribution in [-0.4, -0.2) is 74.7 Å². The van der Waals surface area contributed by atoms with E-state index in [2.05, 4.69) is 45.0 Å². The zero-order valence-corrected chi connectivity index (χ0v) is 22.3. The Kier molecular flexibility index (Phi) is 10.3. The van der Waals surface area contributed by atoms with Crippen molar-refractivity contribution in [1.82, 2.24) is 20.1 Å². The van der Waals surface area contributed by atoms with E-state index in [1.54, 1.807) is 25.6 Å². The van der Waals surface area contributed by atoms with E-state index in [4.69, 9.17) is 9.47 Å². The van der Waals surface area contributed by atoms with Gasteiger partial charge in [-0.15, -0.1) is 35.3 Å². The molecule has 9 heteroatoms. The summed E-state index contributed by atoms with van der Waals surface area (Å²) in [6, 6.07) is 5.97. The standard InChI is InChI=1S/C22H33N5O2S.HI/c1-16-21(30-17(2)25-16)8-9-24-22(23-3)27-12-10-26(11-13-27)15-18-14-19(28-4)6-7-20(18)29-5;/h6-7,14H,8-13,15H2,1-5H3,(H,23,24);1H. The largest absolute Gasteiger partial charge is 0.497 e. The summed E-state index contributed by atoms with van der Waals surface area (Å²) in [5.41, 5.74) is 2.30. The molecule has 0 atom stereocenters. The normalized spacial score (nSPS) is 14.9. The molecule has 0 aliphatic carbocycles. The summed E-state index contributed by atoms with van der Waals surface area (Å²) in [4.78, 5) is 15.1. The quantitative estimate of drug-likeness (QED) is 0.319. The number of halogens is 1. The second-order valence-electron chi connectivity index (χ2n) is 7.41. The third kappa shape index (κ3) is 6.95. The Bertz CT molecular complexity index is 866. The van der Waals surface area contributed by atoms with Crippen LogP contribution in [0.1, 0.15) is 21.1 Å². The molecule has 1 aromatic heterocycles. The number of hydrogen-bond donors (Lipinski definition) is 1. The topological polar surface area (TPSA) is 62.2 Å². The first-order valence-electron chi connectivity index (χ1n) is 10.4. The molecule has 2 aromatic rings. The number of methoxy groups -OCH3 is 2. The number of nitrogens with one attached hydrogen (secondary N) is 1. The summed E-state index contributed by atoms with van der Waals surface area (Å²) in [7, 11) is 5.27. The first-order valence-corrected chi connectivity index (χ1v) is 11.2. The van der Waals surface area contributed by atoms with Gasteiger partial charge in [0.25, 0.3) is 0 Å². The van der Waals surface area contributed by atoms with Crippen LogP contribution in [0.15, 0.2) is 23.2 Å². The Morgan fingerprint density at radius 1 is 1.16 bits per heavy atom. The number of hydrogen-bond acceptors (Lipinski definition) is 6. The molecule has 2 heterocycles. The molecule has 7 nitrogen and oxygen atoms in total. The van der Waals surface area contributed by atoms with Crippen molar-refractivity contribution in [2.24, 2.45) is 4.99 Å². The zero-order chi connectivity index (χ0) is 21.5. The molecule has 1 N–H and O–H groups in total. The molecular weight excluding hydrogens is 525 g/mol. The van der Waals surface area contributed by atoms with E-state index in [0.717, 1.165) is 79.4 Å². The number of ether oxygens (including phenoxy) is 2. The van der Waals surface area contributed by atoms with Gasteiger partial charge in [-0.05, 0) is 32.0 Å². The molecule has 1 aliphatic rings. The molecule has 1 aromatic carbocycles. The maximum Gasteiger partial charge on any atom is 0.193 e. The van der Waals surface area contributed by atoms with Crippen molar-refractivity contribution in [3.05, 3.63) is 39.3 Å². The second kappa shape index (κ2) is 12.4. The van der Waals surface area contributed by atoms with Gasteiger partial charge in [0.15, 0.2) is 5.96 Å². The number of guanidine groups is 1. The monoisotopic (exact) mass is 559 g/mol. The van der Waals surface area contributed by atoms with Crippen LogP contribution in [-0.2, 0) is 13.0 Å². The van der Waals surface area contributed by atoms with Crippen molar-refractivity contribution in [2.75, 3.05) is 54.0 Å². The molecule has 0 unspecified atom stereocenters. The first-order chi connectivity index (χ1) is 14.5. The Hall–Kier alpha value is -1.59. The summed E-state index contributed by atoms with van der Waals surface area (Å²) in [6.45, 7) is 9.73. The van der Waals surface area contributed by atoms with Crippen molar-refractivity contribution >= 4 is 41.3 Å². The number of aromatic nitrogens is 1. The molecule has 3 rings (SSSR count). The minimum Gasteiger partial charge on any atom is -0.497 e. The van der Waals surface area contributed by atoms with Crippen LogP contribution >= 0.6 is 35.3 Å². The predicted molar refractivity (Wildman–Crippen MR) is 138 cm³/mol. The third-order valence-corrected chi connectivity index (χ3v) is 6.53. The van der Waals surface area contributed by atoms with Crippen LogP contribution in [0.5, 0.6) is 11.5 Å². The number of benzene rings is 1. The Morgan fingerprint density at radius 3 is 2.48 bits per heavy atom. The van der Waals surface area contributed by atoms with Crippen molar-refractivity contribution in [3.63, 3.8) is 0 Å². The highest BCUT2D eigenvalue weighted by Gasteiger charge is 2.21. The SMILES string of the molecule is CN=C(NCCc1sc(C)nc1C)N1CCN(Cc2cc(OC)ccc2OC)CC1.I. The fourth-order valence-corrected chi connectivity index (χ4v) is 4.73.